The van der Waals surface area contributed by atoms with Crippen LogP contribution in [0.2, 0.25) is 5.02 Å². The van der Waals surface area contributed by atoms with E-state index in [2.05, 4.69) is 25.7 Å². The van der Waals surface area contributed by atoms with E-state index >= 15 is 0 Å². The van der Waals surface area contributed by atoms with Gasteiger partial charge in [-0.25, -0.2) is 18.7 Å². The van der Waals surface area contributed by atoms with Crippen LogP contribution in [0.15, 0.2) is 43.0 Å². The third-order valence-corrected chi connectivity index (χ3v) is 9.09. The lowest BCUT2D eigenvalue weighted by Crippen LogP contribution is -2.51. The van der Waals surface area contributed by atoms with Gasteiger partial charge in [0.1, 0.15) is 6.54 Å². The number of piperidine rings is 1. The maximum Gasteiger partial charge on any atom is 0.435 e. The van der Waals surface area contributed by atoms with Gasteiger partial charge >= 0.3 is 6.18 Å². The fourth-order valence-electron chi connectivity index (χ4n) is 6.46. The van der Waals surface area contributed by atoms with Crippen LogP contribution in [0.3, 0.4) is 0 Å². The summed E-state index contributed by atoms with van der Waals surface area (Å²) < 4.78 is 68.9. The summed E-state index contributed by atoms with van der Waals surface area (Å²) in [7, 11) is 0. The first-order valence-electron chi connectivity index (χ1n) is 14.6. The van der Waals surface area contributed by atoms with Crippen molar-refractivity contribution in [1.29, 1.82) is 0 Å². The molecule has 2 aliphatic heterocycles. The Labute approximate surface area is 263 Å². The summed E-state index contributed by atoms with van der Waals surface area (Å²) in [5, 5.41) is 9.84. The summed E-state index contributed by atoms with van der Waals surface area (Å²) in [6.07, 6.45) is -2.96. The van der Waals surface area contributed by atoms with Crippen molar-refractivity contribution in [2.45, 2.75) is 19.1 Å². The van der Waals surface area contributed by atoms with Crippen LogP contribution < -0.4 is 10.6 Å². The van der Waals surface area contributed by atoms with Crippen molar-refractivity contribution in [2.75, 3.05) is 44.6 Å². The highest BCUT2D eigenvalue weighted by molar-refractivity contribution is 6.34. The van der Waals surface area contributed by atoms with E-state index in [-0.39, 0.29) is 45.5 Å². The molecule has 3 aliphatic rings. The van der Waals surface area contributed by atoms with Gasteiger partial charge in [-0.2, -0.15) is 18.3 Å². The Kier molecular flexibility index (Phi) is 7.58. The summed E-state index contributed by atoms with van der Waals surface area (Å²) in [4.78, 5) is 38.2. The van der Waals surface area contributed by atoms with E-state index in [9.17, 15) is 31.5 Å². The Morgan fingerprint density at radius 1 is 1.07 bits per heavy atom. The second-order valence-electron chi connectivity index (χ2n) is 11.6. The molecule has 4 aromatic rings. The topological polar surface area (TPSA) is 113 Å². The first-order chi connectivity index (χ1) is 22.0. The molecular formula is C29H27ClF5N9O2. The van der Waals surface area contributed by atoms with Crippen molar-refractivity contribution in [3.63, 3.8) is 0 Å². The molecule has 2 N–H and O–H groups in total. The second kappa shape index (κ2) is 11.5. The van der Waals surface area contributed by atoms with Gasteiger partial charge in [0, 0.05) is 56.4 Å². The zero-order valence-corrected chi connectivity index (χ0v) is 24.8. The van der Waals surface area contributed by atoms with E-state index in [4.69, 9.17) is 11.6 Å². The number of alkyl halides is 5. The van der Waals surface area contributed by atoms with E-state index in [0.29, 0.717) is 48.4 Å². The number of imidazole rings is 1. The highest BCUT2D eigenvalue weighted by Crippen LogP contribution is 2.49. The number of nitrogens with zero attached hydrogens (tertiary/aromatic N) is 7. The van der Waals surface area contributed by atoms with Gasteiger partial charge in [0.15, 0.2) is 17.2 Å². The highest BCUT2D eigenvalue weighted by atomic mass is 35.5. The molecule has 46 heavy (non-hydrogen) atoms. The summed E-state index contributed by atoms with van der Waals surface area (Å²) in [5.41, 5.74) is -0.879. The number of hydrogen-bond acceptors (Lipinski definition) is 7. The number of anilines is 2. The molecule has 3 fully saturated rings. The molecule has 1 aromatic carbocycles. The number of benzene rings is 1. The molecule has 1 aliphatic carbocycles. The number of carbonyl (C=O) groups is 2. The first-order valence-corrected chi connectivity index (χ1v) is 15.0. The molecule has 7 rings (SSSR count). The third-order valence-electron chi connectivity index (χ3n) is 8.78. The third kappa shape index (κ3) is 5.53. The van der Waals surface area contributed by atoms with Gasteiger partial charge in [-0.15, -0.1) is 0 Å². The average molecular weight is 664 g/mol. The molecule has 17 heteroatoms. The number of rotatable bonds is 7. The molecule has 11 nitrogen and oxygen atoms in total. The smallest absolute Gasteiger partial charge is 0.339 e. The number of halogens is 6. The molecular weight excluding hydrogens is 637 g/mol. The first kappa shape index (κ1) is 30.3. The van der Waals surface area contributed by atoms with Crippen LogP contribution in [-0.2, 0) is 17.5 Å². The molecule has 1 saturated carbocycles. The summed E-state index contributed by atoms with van der Waals surface area (Å²) in [6.45, 7) is 2.49. The maximum atomic E-state index is 13.7. The predicted molar refractivity (Wildman–Crippen MR) is 156 cm³/mol. The van der Waals surface area contributed by atoms with Crippen molar-refractivity contribution in [1.82, 2.24) is 39.3 Å². The normalized spacial score (nSPS) is 21.2. The lowest BCUT2D eigenvalue weighted by atomic mass is 10.1. The van der Waals surface area contributed by atoms with Gasteiger partial charge in [-0.3, -0.25) is 18.7 Å². The van der Waals surface area contributed by atoms with Crippen molar-refractivity contribution in [3.05, 3.63) is 59.3 Å². The Morgan fingerprint density at radius 2 is 1.78 bits per heavy atom. The maximum absolute atomic E-state index is 13.7. The van der Waals surface area contributed by atoms with Gasteiger partial charge in [0.25, 0.3) is 12.3 Å². The van der Waals surface area contributed by atoms with Gasteiger partial charge in [0.2, 0.25) is 5.91 Å². The van der Waals surface area contributed by atoms with Crippen LogP contribution in [0, 0.1) is 17.8 Å². The van der Waals surface area contributed by atoms with Crippen LogP contribution in [0.5, 0.6) is 0 Å². The van der Waals surface area contributed by atoms with E-state index in [1.807, 2.05) is 4.90 Å². The minimum absolute atomic E-state index is 0.0222. The number of amides is 2. The Bertz CT molecular complexity index is 1810. The Morgan fingerprint density at radius 3 is 2.46 bits per heavy atom. The van der Waals surface area contributed by atoms with Crippen LogP contribution in [0.4, 0.5) is 33.5 Å². The monoisotopic (exact) mass is 663 g/mol. The Hall–Kier alpha value is -4.31. The van der Waals surface area contributed by atoms with Crippen LogP contribution in [-0.4, -0.2) is 91.5 Å². The van der Waals surface area contributed by atoms with Crippen molar-refractivity contribution in [3.8, 4) is 11.3 Å². The molecule has 0 radical (unpaired) electrons. The van der Waals surface area contributed by atoms with Gasteiger partial charge in [-0.1, -0.05) is 11.6 Å². The second-order valence-corrected chi connectivity index (χ2v) is 12.0. The fraction of sp³-hybridized carbons (Fsp3) is 0.414. The van der Waals surface area contributed by atoms with E-state index in [1.54, 1.807) is 17.0 Å². The molecule has 2 saturated heterocycles. The molecule has 2 unspecified atom stereocenters. The van der Waals surface area contributed by atoms with Crippen LogP contribution in [0.1, 0.15) is 16.1 Å². The number of nitrogens with one attached hydrogen (secondary N) is 2. The van der Waals surface area contributed by atoms with Crippen molar-refractivity contribution >= 4 is 40.6 Å². The molecule has 5 heterocycles. The standard InChI is InChI=1S/C29H27ClF5N9O2/c30-20-9-15(1-2-16(20)27(45)41-5-7-42(8-6-41)28(46)23-17-10-36-11-18(17)23)39-25-26-38-12-21(44(26)4-3-37-25)19-13-43(14-22(31)32)40-24(19)29(33,34)35/h1-4,9,12-13,17-18,22-23,36H,5-8,10-11,14H2,(H,37,39). The highest BCUT2D eigenvalue weighted by Gasteiger charge is 2.58. The molecule has 242 valence electrons. The molecule has 0 spiro atoms. The quantitative estimate of drug-likeness (QED) is 0.287. The minimum Gasteiger partial charge on any atom is -0.339 e. The van der Waals surface area contributed by atoms with E-state index < -0.39 is 30.4 Å². The fourth-order valence-corrected chi connectivity index (χ4v) is 6.72. The zero-order valence-electron chi connectivity index (χ0n) is 24.0. The van der Waals surface area contributed by atoms with Crippen molar-refractivity contribution in [2.24, 2.45) is 17.8 Å². The van der Waals surface area contributed by atoms with Gasteiger partial charge in [0.05, 0.1) is 28.0 Å². The lowest BCUT2D eigenvalue weighted by molar-refractivity contribution is -0.141. The average Bonchev–Trinajstić information content (AvgIpc) is 3.43. The number of aromatic nitrogens is 5. The van der Waals surface area contributed by atoms with Crippen LogP contribution in [0.25, 0.3) is 16.9 Å². The molecule has 2 amide bonds. The number of fused-ring (bicyclic) bond motifs is 2. The van der Waals surface area contributed by atoms with Gasteiger partial charge in [-0.05, 0) is 43.1 Å². The molecule has 2 atom stereocenters. The molecule has 0 bridgehead atoms. The van der Waals surface area contributed by atoms with E-state index in [1.165, 1.54) is 29.1 Å². The number of hydrogen-bond donors (Lipinski definition) is 2. The zero-order chi connectivity index (χ0) is 32.3. The minimum atomic E-state index is -4.89. The largest absolute Gasteiger partial charge is 0.435 e. The molecule has 3 aromatic heterocycles. The summed E-state index contributed by atoms with van der Waals surface area (Å²) in [6, 6.07) is 4.70. The SMILES string of the molecule is O=C(c1ccc(Nc2nccn3c(-c4cn(CC(F)F)nc4C(F)(F)F)cnc23)cc1Cl)N1CCN(C(=O)C2C3CNCC32)CC1. The number of piperazine rings is 1. The predicted octanol–water partition coefficient (Wildman–Crippen LogP) is 4.02. The summed E-state index contributed by atoms with van der Waals surface area (Å²) >= 11 is 6.53. The number of carbonyl (C=O) groups excluding carboxylic acids is 2. The summed E-state index contributed by atoms with van der Waals surface area (Å²) in [5.74, 6) is 1.05. The van der Waals surface area contributed by atoms with Gasteiger partial charge < -0.3 is 20.4 Å². The Balaban J connectivity index is 1.05. The van der Waals surface area contributed by atoms with Crippen molar-refractivity contribution < 1.29 is 31.5 Å². The lowest BCUT2D eigenvalue weighted by Gasteiger charge is -2.35. The van der Waals surface area contributed by atoms with E-state index in [0.717, 1.165) is 19.3 Å². The van der Waals surface area contributed by atoms with Crippen LogP contribution >= 0.6 is 11.6 Å².